The minimum absolute atomic E-state index is 0.00286. The highest BCUT2D eigenvalue weighted by Gasteiger charge is 2.38. The van der Waals surface area contributed by atoms with Crippen molar-refractivity contribution in [3.63, 3.8) is 0 Å². The van der Waals surface area contributed by atoms with Crippen LogP contribution in [0.2, 0.25) is 0 Å². The van der Waals surface area contributed by atoms with Crippen LogP contribution in [0, 0.1) is 0 Å². The van der Waals surface area contributed by atoms with E-state index >= 15 is 0 Å². The van der Waals surface area contributed by atoms with Gasteiger partial charge in [0.05, 0.1) is 18.1 Å². The molecule has 4 rings (SSSR count). The van der Waals surface area contributed by atoms with Gasteiger partial charge in [-0.15, -0.1) is 11.3 Å². The summed E-state index contributed by atoms with van der Waals surface area (Å²) in [5.74, 6) is 0.248. The molecule has 3 heterocycles. The number of ether oxygens (including phenoxy) is 2. The lowest BCUT2D eigenvalue weighted by Crippen LogP contribution is -2.45. The molecule has 0 spiro atoms. The van der Waals surface area contributed by atoms with Gasteiger partial charge in [0.15, 0.2) is 0 Å². The standard InChI is InChI=1S/C22H28N2O4S/c1-22(2,27-3)21(26)24-9-8-15(14-24)18-16-6-4-5-7-17(16)29-19(18)20(25)23-10-12-28-13-11-23/h4-7,15H,8-14H2,1-3H3/t15-/m0/s1. The van der Waals surface area contributed by atoms with E-state index in [0.717, 1.165) is 26.9 Å². The molecule has 2 saturated heterocycles. The van der Waals surface area contributed by atoms with Crippen LogP contribution in [0.1, 0.15) is 41.4 Å². The van der Waals surface area contributed by atoms with Gasteiger partial charge < -0.3 is 19.3 Å². The van der Waals surface area contributed by atoms with Crippen molar-refractivity contribution in [1.82, 2.24) is 9.80 Å². The van der Waals surface area contributed by atoms with Gasteiger partial charge in [-0.2, -0.15) is 0 Å². The van der Waals surface area contributed by atoms with Crippen LogP contribution in [-0.4, -0.2) is 73.7 Å². The third kappa shape index (κ3) is 3.79. The van der Waals surface area contributed by atoms with Gasteiger partial charge in [-0.3, -0.25) is 9.59 Å². The molecule has 1 atom stereocenters. The molecule has 1 aromatic carbocycles. The van der Waals surface area contributed by atoms with Gasteiger partial charge in [0.1, 0.15) is 5.60 Å². The van der Waals surface area contributed by atoms with Gasteiger partial charge in [-0.1, -0.05) is 18.2 Å². The largest absolute Gasteiger partial charge is 0.378 e. The number of fused-ring (bicyclic) bond motifs is 1. The molecule has 0 unspecified atom stereocenters. The third-order valence-electron chi connectivity index (χ3n) is 6.04. The van der Waals surface area contributed by atoms with Gasteiger partial charge in [-0.25, -0.2) is 0 Å². The Morgan fingerprint density at radius 3 is 2.59 bits per heavy atom. The van der Waals surface area contributed by atoms with Gasteiger partial charge in [0.2, 0.25) is 0 Å². The number of rotatable bonds is 4. The molecule has 2 amide bonds. The molecule has 29 heavy (non-hydrogen) atoms. The zero-order chi connectivity index (χ0) is 20.6. The van der Waals surface area contributed by atoms with Crippen molar-refractivity contribution < 1.29 is 19.1 Å². The van der Waals surface area contributed by atoms with Gasteiger partial charge in [0, 0.05) is 43.9 Å². The highest BCUT2D eigenvalue weighted by Crippen LogP contribution is 2.41. The topological polar surface area (TPSA) is 59.1 Å². The molecule has 6 nitrogen and oxygen atoms in total. The summed E-state index contributed by atoms with van der Waals surface area (Å²) in [5.41, 5.74) is 0.269. The van der Waals surface area contributed by atoms with Crippen LogP contribution in [-0.2, 0) is 14.3 Å². The highest BCUT2D eigenvalue weighted by atomic mass is 32.1. The summed E-state index contributed by atoms with van der Waals surface area (Å²) in [6.45, 7) is 7.34. The van der Waals surface area contributed by atoms with E-state index in [1.165, 1.54) is 0 Å². The van der Waals surface area contributed by atoms with Crippen molar-refractivity contribution in [2.75, 3.05) is 46.5 Å². The van der Waals surface area contributed by atoms with Crippen molar-refractivity contribution >= 4 is 33.2 Å². The average molecular weight is 417 g/mol. The number of hydrogen-bond acceptors (Lipinski definition) is 5. The van der Waals surface area contributed by atoms with E-state index in [4.69, 9.17) is 9.47 Å². The van der Waals surface area contributed by atoms with Crippen molar-refractivity contribution in [1.29, 1.82) is 0 Å². The monoisotopic (exact) mass is 416 g/mol. The Labute approximate surface area is 175 Å². The summed E-state index contributed by atoms with van der Waals surface area (Å²) in [5, 5.41) is 1.14. The van der Waals surface area contributed by atoms with Crippen LogP contribution in [0.3, 0.4) is 0 Å². The maximum Gasteiger partial charge on any atom is 0.264 e. The van der Waals surface area contributed by atoms with Crippen molar-refractivity contribution in [2.45, 2.75) is 31.8 Å². The van der Waals surface area contributed by atoms with E-state index in [1.807, 2.05) is 21.9 Å². The van der Waals surface area contributed by atoms with E-state index in [2.05, 4.69) is 12.1 Å². The van der Waals surface area contributed by atoms with Crippen LogP contribution >= 0.6 is 11.3 Å². The Morgan fingerprint density at radius 1 is 1.14 bits per heavy atom. The zero-order valence-corrected chi connectivity index (χ0v) is 18.1. The van der Waals surface area contributed by atoms with Crippen LogP contribution in [0.25, 0.3) is 10.1 Å². The van der Waals surface area contributed by atoms with Crippen molar-refractivity contribution in [2.24, 2.45) is 0 Å². The number of thiophene rings is 1. The predicted molar refractivity (Wildman–Crippen MR) is 114 cm³/mol. The minimum Gasteiger partial charge on any atom is -0.378 e. The van der Waals surface area contributed by atoms with E-state index in [0.29, 0.717) is 39.4 Å². The Hall–Kier alpha value is -1.96. The summed E-state index contributed by atoms with van der Waals surface area (Å²) in [7, 11) is 1.57. The fourth-order valence-electron chi connectivity index (χ4n) is 4.19. The lowest BCUT2D eigenvalue weighted by Gasteiger charge is -2.28. The number of amides is 2. The fraction of sp³-hybridized carbons (Fsp3) is 0.545. The van der Waals surface area contributed by atoms with E-state index in [9.17, 15) is 9.59 Å². The van der Waals surface area contributed by atoms with Crippen LogP contribution in [0.15, 0.2) is 24.3 Å². The molecule has 2 aromatic rings. The van der Waals surface area contributed by atoms with E-state index < -0.39 is 5.60 Å². The summed E-state index contributed by atoms with van der Waals surface area (Å²) < 4.78 is 11.9. The number of carbonyl (C=O) groups is 2. The van der Waals surface area contributed by atoms with Gasteiger partial charge >= 0.3 is 0 Å². The van der Waals surface area contributed by atoms with E-state index in [-0.39, 0.29) is 17.7 Å². The number of nitrogens with zero attached hydrogens (tertiary/aromatic N) is 2. The Bertz CT molecular complexity index is 917. The maximum atomic E-state index is 13.3. The Balaban J connectivity index is 1.66. The molecule has 0 saturated carbocycles. The fourth-order valence-corrected chi connectivity index (χ4v) is 5.45. The summed E-state index contributed by atoms with van der Waals surface area (Å²) >= 11 is 1.57. The maximum absolute atomic E-state index is 13.3. The van der Waals surface area contributed by atoms with Gasteiger partial charge in [0.25, 0.3) is 11.8 Å². The average Bonchev–Trinajstić information content (AvgIpc) is 3.37. The summed E-state index contributed by atoms with van der Waals surface area (Å²) in [6.07, 6.45) is 0.857. The molecule has 2 aliphatic rings. The smallest absolute Gasteiger partial charge is 0.264 e. The second kappa shape index (κ2) is 8.05. The molecule has 0 aliphatic carbocycles. The normalized spacial score (nSPS) is 20.4. The van der Waals surface area contributed by atoms with Crippen molar-refractivity contribution in [3.8, 4) is 0 Å². The predicted octanol–water partition coefficient (Wildman–Crippen LogP) is 3.11. The Morgan fingerprint density at radius 2 is 1.86 bits per heavy atom. The number of carbonyl (C=O) groups excluding carboxylic acids is 2. The molecule has 7 heteroatoms. The molecular formula is C22H28N2O4S. The first-order valence-electron chi connectivity index (χ1n) is 10.2. The first kappa shape index (κ1) is 20.3. The molecule has 2 fully saturated rings. The minimum atomic E-state index is -0.835. The first-order chi connectivity index (χ1) is 13.9. The highest BCUT2D eigenvalue weighted by molar-refractivity contribution is 7.21. The number of hydrogen-bond donors (Lipinski definition) is 0. The molecule has 2 aliphatic heterocycles. The number of methoxy groups -OCH3 is 1. The van der Waals surface area contributed by atoms with Crippen LogP contribution in [0.5, 0.6) is 0 Å². The SMILES string of the molecule is COC(C)(C)C(=O)N1CC[C@H](c2c(C(=O)N3CCOCC3)sc3ccccc23)C1. The number of likely N-dealkylation sites (tertiary alicyclic amines) is 1. The third-order valence-corrected chi connectivity index (χ3v) is 7.21. The quantitative estimate of drug-likeness (QED) is 0.768. The molecule has 0 bridgehead atoms. The second-order valence-electron chi connectivity index (χ2n) is 8.20. The molecular weight excluding hydrogens is 388 g/mol. The van der Waals surface area contributed by atoms with Crippen molar-refractivity contribution in [3.05, 3.63) is 34.7 Å². The Kier molecular flexibility index (Phi) is 5.64. The molecule has 0 N–H and O–H groups in total. The first-order valence-corrected chi connectivity index (χ1v) is 11.0. The second-order valence-corrected chi connectivity index (χ2v) is 9.25. The number of morpholine rings is 1. The summed E-state index contributed by atoms with van der Waals surface area (Å²) in [4.78, 5) is 30.8. The van der Waals surface area contributed by atoms with Gasteiger partial charge in [-0.05, 0) is 37.3 Å². The summed E-state index contributed by atoms with van der Waals surface area (Å²) in [6, 6.07) is 8.21. The van der Waals surface area contributed by atoms with E-state index in [1.54, 1.807) is 32.3 Å². The molecule has 156 valence electrons. The molecule has 1 aromatic heterocycles. The molecule has 0 radical (unpaired) electrons. The number of benzene rings is 1. The van der Waals surface area contributed by atoms with Crippen LogP contribution < -0.4 is 0 Å². The zero-order valence-electron chi connectivity index (χ0n) is 17.3. The van der Waals surface area contributed by atoms with Crippen LogP contribution in [0.4, 0.5) is 0 Å². The lowest BCUT2D eigenvalue weighted by atomic mass is 9.94. The lowest BCUT2D eigenvalue weighted by molar-refractivity contribution is -0.149.